The first kappa shape index (κ1) is 13.3. The van der Waals surface area contributed by atoms with Crippen LogP contribution < -0.4 is 0 Å². The lowest BCUT2D eigenvalue weighted by Gasteiger charge is -2.38. The summed E-state index contributed by atoms with van der Waals surface area (Å²) in [4.78, 5) is 2.19. The van der Waals surface area contributed by atoms with Gasteiger partial charge in [-0.2, -0.15) is 0 Å². The second kappa shape index (κ2) is 5.39. The first-order valence-corrected chi connectivity index (χ1v) is 7.14. The summed E-state index contributed by atoms with van der Waals surface area (Å²) in [5, 5.41) is 0. The summed E-state index contributed by atoms with van der Waals surface area (Å²) in [6, 6.07) is 21.5. The second-order valence-electron chi connectivity index (χ2n) is 5.64. The Morgan fingerprint density at radius 2 is 1.40 bits per heavy atom. The summed E-state index contributed by atoms with van der Waals surface area (Å²) in [5.41, 5.74) is 2.59. The lowest BCUT2D eigenvalue weighted by molar-refractivity contribution is -0.0154. The predicted octanol–water partition coefficient (Wildman–Crippen LogP) is 3.28. The van der Waals surface area contributed by atoms with Gasteiger partial charge >= 0.3 is 0 Å². The Morgan fingerprint density at radius 3 is 1.85 bits per heavy atom. The van der Waals surface area contributed by atoms with Gasteiger partial charge in [-0.25, -0.2) is 0 Å². The van der Waals surface area contributed by atoms with Gasteiger partial charge in [0.25, 0.3) is 0 Å². The normalized spacial score (nSPS) is 21.2. The average Bonchev–Trinajstić information content (AvgIpc) is 2.95. The van der Waals surface area contributed by atoms with Crippen molar-refractivity contribution in [3.05, 3.63) is 71.8 Å². The van der Waals surface area contributed by atoms with E-state index in [9.17, 15) is 0 Å². The van der Waals surface area contributed by atoms with Crippen molar-refractivity contribution in [3.8, 4) is 0 Å². The van der Waals surface area contributed by atoms with Crippen LogP contribution in [0.1, 0.15) is 17.5 Å². The van der Waals surface area contributed by atoms with Gasteiger partial charge < -0.3 is 4.74 Å². The van der Waals surface area contributed by atoms with Gasteiger partial charge in [0.05, 0.1) is 12.0 Å². The molecule has 2 aromatic carbocycles. The van der Waals surface area contributed by atoms with Gasteiger partial charge in [0.15, 0.2) is 0 Å². The predicted molar refractivity (Wildman–Crippen MR) is 81.7 cm³/mol. The topological polar surface area (TPSA) is 12.5 Å². The van der Waals surface area contributed by atoms with Crippen LogP contribution in [0.3, 0.4) is 0 Å². The van der Waals surface area contributed by atoms with Crippen molar-refractivity contribution in [2.45, 2.75) is 18.1 Å². The summed E-state index contributed by atoms with van der Waals surface area (Å²) < 4.78 is 6.07. The molecule has 104 valence electrons. The Hall–Kier alpha value is -1.64. The smallest absolute Gasteiger partial charge is 0.124 e. The molecule has 0 aromatic heterocycles. The van der Waals surface area contributed by atoms with Crippen LogP contribution in [0.25, 0.3) is 0 Å². The average molecular weight is 267 g/mol. The van der Waals surface area contributed by atoms with E-state index in [-0.39, 0.29) is 11.6 Å². The maximum Gasteiger partial charge on any atom is 0.124 e. The quantitative estimate of drug-likeness (QED) is 0.846. The van der Waals surface area contributed by atoms with Crippen LogP contribution in [0.4, 0.5) is 0 Å². The van der Waals surface area contributed by atoms with E-state index in [2.05, 4.69) is 79.7 Å². The van der Waals surface area contributed by atoms with E-state index < -0.39 is 0 Å². The highest BCUT2D eigenvalue weighted by Gasteiger charge is 2.47. The number of hydrogen-bond acceptors (Lipinski definition) is 2. The minimum atomic E-state index is -0.0774. The fraction of sp³-hybridized carbons (Fsp3) is 0.333. The van der Waals surface area contributed by atoms with E-state index in [4.69, 9.17) is 4.74 Å². The maximum atomic E-state index is 6.07. The molecule has 2 heteroatoms. The highest BCUT2D eigenvalue weighted by atomic mass is 16.5. The lowest BCUT2D eigenvalue weighted by Crippen LogP contribution is -2.45. The third kappa shape index (κ3) is 2.05. The number of hydrogen-bond donors (Lipinski definition) is 0. The summed E-state index contributed by atoms with van der Waals surface area (Å²) >= 11 is 0. The van der Waals surface area contributed by atoms with Crippen molar-refractivity contribution in [2.75, 3.05) is 20.7 Å². The Kier molecular flexibility index (Phi) is 3.60. The van der Waals surface area contributed by atoms with Crippen LogP contribution >= 0.6 is 0 Å². The summed E-state index contributed by atoms with van der Waals surface area (Å²) in [6.07, 6.45) is 1.09. The molecule has 0 amide bonds. The molecule has 1 aliphatic rings. The van der Waals surface area contributed by atoms with E-state index >= 15 is 0 Å². The monoisotopic (exact) mass is 267 g/mol. The van der Waals surface area contributed by atoms with E-state index in [0.717, 1.165) is 13.0 Å². The zero-order chi connectivity index (χ0) is 14.0. The number of likely N-dealkylation sites (N-methyl/N-ethyl adjacent to an activating group) is 1. The zero-order valence-electron chi connectivity index (χ0n) is 12.1. The van der Waals surface area contributed by atoms with Gasteiger partial charge in [-0.15, -0.1) is 0 Å². The lowest BCUT2D eigenvalue weighted by atomic mass is 9.71. The standard InChI is InChI=1S/C18H21NO/c1-19(2)17-18(13-14-20-17,15-9-5-3-6-10-15)16-11-7-4-8-12-16/h3-12,17H,13-14H2,1-2H3. The Bertz CT molecular complexity index is 511. The number of ether oxygens (including phenoxy) is 1. The van der Waals surface area contributed by atoms with Crippen molar-refractivity contribution in [2.24, 2.45) is 0 Å². The molecule has 1 unspecified atom stereocenters. The SMILES string of the molecule is CN(C)C1OCCC1(c1ccccc1)c1ccccc1. The van der Waals surface area contributed by atoms with E-state index in [1.54, 1.807) is 0 Å². The van der Waals surface area contributed by atoms with Crippen LogP contribution in [-0.2, 0) is 10.2 Å². The Balaban J connectivity index is 2.18. The van der Waals surface area contributed by atoms with Gasteiger partial charge in [-0.3, -0.25) is 4.90 Å². The molecule has 2 nitrogen and oxygen atoms in total. The van der Waals surface area contributed by atoms with Gasteiger partial charge in [-0.05, 0) is 31.6 Å². The number of nitrogens with zero attached hydrogens (tertiary/aromatic N) is 1. The molecule has 0 bridgehead atoms. The molecule has 20 heavy (non-hydrogen) atoms. The Labute approximate surface area is 121 Å². The molecule has 0 radical (unpaired) electrons. The van der Waals surface area contributed by atoms with Gasteiger partial charge in [0.1, 0.15) is 6.23 Å². The van der Waals surface area contributed by atoms with Gasteiger partial charge in [0, 0.05) is 0 Å². The van der Waals surface area contributed by atoms with Crippen molar-refractivity contribution >= 4 is 0 Å². The van der Waals surface area contributed by atoms with Crippen molar-refractivity contribution in [1.82, 2.24) is 4.90 Å². The van der Waals surface area contributed by atoms with Crippen LogP contribution in [0, 0.1) is 0 Å². The second-order valence-corrected chi connectivity index (χ2v) is 5.64. The first-order chi connectivity index (χ1) is 9.75. The molecule has 1 heterocycles. The molecule has 1 saturated heterocycles. The molecule has 0 spiro atoms. The minimum absolute atomic E-state index is 0.0762. The summed E-state index contributed by atoms with van der Waals surface area (Å²) in [7, 11) is 4.19. The van der Waals surface area contributed by atoms with Gasteiger partial charge in [-0.1, -0.05) is 60.7 Å². The number of benzene rings is 2. The van der Waals surface area contributed by atoms with E-state index in [1.807, 2.05) is 0 Å². The van der Waals surface area contributed by atoms with E-state index in [1.165, 1.54) is 11.1 Å². The first-order valence-electron chi connectivity index (χ1n) is 7.14. The molecule has 1 atom stereocenters. The van der Waals surface area contributed by atoms with Crippen LogP contribution in [0.15, 0.2) is 60.7 Å². The molecule has 0 N–H and O–H groups in total. The fourth-order valence-corrected chi connectivity index (χ4v) is 3.40. The molecule has 2 aromatic rings. The third-order valence-corrected chi connectivity index (χ3v) is 4.24. The maximum absolute atomic E-state index is 6.07. The van der Waals surface area contributed by atoms with Crippen LogP contribution in [-0.4, -0.2) is 31.8 Å². The largest absolute Gasteiger partial charge is 0.362 e. The molecule has 0 aliphatic carbocycles. The fourth-order valence-electron chi connectivity index (χ4n) is 3.40. The van der Waals surface area contributed by atoms with Crippen molar-refractivity contribution in [3.63, 3.8) is 0 Å². The minimum Gasteiger partial charge on any atom is -0.362 e. The van der Waals surface area contributed by atoms with Crippen LogP contribution in [0.5, 0.6) is 0 Å². The number of rotatable bonds is 3. The third-order valence-electron chi connectivity index (χ3n) is 4.24. The summed E-state index contributed by atoms with van der Waals surface area (Å²) in [6.45, 7) is 0.798. The summed E-state index contributed by atoms with van der Waals surface area (Å²) in [5.74, 6) is 0. The molecule has 1 aliphatic heterocycles. The zero-order valence-corrected chi connectivity index (χ0v) is 12.1. The molecule has 3 rings (SSSR count). The van der Waals surface area contributed by atoms with E-state index in [0.29, 0.717) is 0 Å². The highest BCUT2D eigenvalue weighted by Crippen LogP contribution is 2.44. The van der Waals surface area contributed by atoms with Crippen molar-refractivity contribution < 1.29 is 4.74 Å². The van der Waals surface area contributed by atoms with Crippen LogP contribution in [0.2, 0.25) is 0 Å². The molecular weight excluding hydrogens is 246 g/mol. The highest BCUT2D eigenvalue weighted by molar-refractivity contribution is 5.41. The molecule has 1 fully saturated rings. The molecule has 0 saturated carbocycles. The Morgan fingerprint density at radius 1 is 0.900 bits per heavy atom. The van der Waals surface area contributed by atoms with Gasteiger partial charge in [0.2, 0.25) is 0 Å². The van der Waals surface area contributed by atoms with Crippen molar-refractivity contribution in [1.29, 1.82) is 0 Å². The molecular formula is C18H21NO.